The first-order valence-corrected chi connectivity index (χ1v) is 5.57. The van der Waals surface area contributed by atoms with Crippen molar-refractivity contribution in [2.45, 2.75) is 20.8 Å². The van der Waals surface area contributed by atoms with Crippen LogP contribution in [-0.2, 0) is 9.59 Å². The summed E-state index contributed by atoms with van der Waals surface area (Å²) in [5.74, 6) is -1.03. The highest BCUT2D eigenvalue weighted by atomic mass is 16.2. The average Bonchev–Trinajstić information content (AvgIpc) is 2.51. The lowest BCUT2D eigenvalue weighted by atomic mass is 9.96. The molecule has 4 amide bonds. The number of amides is 4. The van der Waals surface area contributed by atoms with Crippen molar-refractivity contribution in [1.82, 2.24) is 16.0 Å². The van der Waals surface area contributed by atoms with E-state index >= 15 is 0 Å². The molecule has 0 radical (unpaired) electrons. The number of carbonyl (C=O) groups is 3. The summed E-state index contributed by atoms with van der Waals surface area (Å²) in [6.45, 7) is 6.51. The quantitative estimate of drug-likeness (QED) is 0.386. The molecule has 0 aliphatic carbocycles. The molecule has 1 aliphatic rings. The minimum Gasteiger partial charge on any atom is -0.349 e. The number of hydrogen-bond acceptors (Lipinski definition) is 3. The van der Waals surface area contributed by atoms with Gasteiger partial charge in [0.1, 0.15) is 5.70 Å². The predicted molar refractivity (Wildman–Crippen MR) is 66.4 cm³/mol. The second kappa shape index (κ2) is 5.48. The molecule has 1 aliphatic heterocycles. The Morgan fingerprint density at radius 2 is 1.94 bits per heavy atom. The van der Waals surface area contributed by atoms with Gasteiger partial charge in [0.15, 0.2) is 0 Å². The van der Waals surface area contributed by atoms with Crippen molar-refractivity contribution in [3.8, 4) is 0 Å². The molecule has 0 unspecified atom stereocenters. The zero-order valence-corrected chi connectivity index (χ0v) is 10.7. The molecule has 1 rings (SSSR count). The van der Waals surface area contributed by atoms with Gasteiger partial charge in [-0.3, -0.25) is 14.9 Å². The van der Waals surface area contributed by atoms with Crippen molar-refractivity contribution in [3.05, 3.63) is 23.9 Å². The van der Waals surface area contributed by atoms with Crippen LogP contribution in [0.3, 0.4) is 0 Å². The number of allylic oxidation sites excluding steroid dienone is 1. The van der Waals surface area contributed by atoms with Crippen LogP contribution in [0.5, 0.6) is 0 Å². The summed E-state index contributed by atoms with van der Waals surface area (Å²) in [5.41, 5.74) is 0.0139. The fourth-order valence-corrected chi connectivity index (χ4v) is 1.24. The number of carbonyl (C=O) groups excluding carboxylic acids is 3. The molecule has 0 bridgehead atoms. The molecule has 0 aromatic carbocycles. The smallest absolute Gasteiger partial charge is 0.326 e. The Bertz CT molecular complexity index is 430. The van der Waals surface area contributed by atoms with E-state index in [1.807, 2.05) is 38.2 Å². The molecule has 1 saturated heterocycles. The van der Waals surface area contributed by atoms with Crippen LogP contribution in [0.2, 0.25) is 0 Å². The van der Waals surface area contributed by atoms with Crippen LogP contribution in [-0.4, -0.2) is 24.4 Å². The average molecular weight is 251 g/mol. The summed E-state index contributed by atoms with van der Waals surface area (Å²) in [5, 5.41) is 6.82. The molecule has 98 valence electrons. The maximum absolute atomic E-state index is 11.4. The van der Waals surface area contributed by atoms with Gasteiger partial charge in [0, 0.05) is 12.6 Å². The van der Waals surface area contributed by atoms with Gasteiger partial charge in [0.05, 0.1) is 0 Å². The number of urea groups is 1. The standard InChI is InChI=1S/C12H17N3O3/c1-12(2,3)5-4-6-13-9(16)7-8-10(17)15-11(18)14-8/h4-5,7H,6H2,1-3H3,(H,13,16)(H2,14,15,17,18)/b5-4+,8-7-. The number of hydrogen-bond donors (Lipinski definition) is 3. The van der Waals surface area contributed by atoms with Gasteiger partial charge in [-0.1, -0.05) is 32.9 Å². The van der Waals surface area contributed by atoms with E-state index in [2.05, 4.69) is 10.6 Å². The van der Waals surface area contributed by atoms with E-state index in [4.69, 9.17) is 0 Å². The molecule has 6 nitrogen and oxygen atoms in total. The van der Waals surface area contributed by atoms with E-state index in [0.717, 1.165) is 6.08 Å². The molecule has 0 atom stereocenters. The second-order valence-electron chi connectivity index (χ2n) is 4.98. The van der Waals surface area contributed by atoms with Crippen molar-refractivity contribution in [2.24, 2.45) is 5.41 Å². The van der Waals surface area contributed by atoms with Gasteiger partial charge in [-0.25, -0.2) is 4.79 Å². The topological polar surface area (TPSA) is 87.3 Å². The highest BCUT2D eigenvalue weighted by Crippen LogP contribution is 2.13. The summed E-state index contributed by atoms with van der Waals surface area (Å²) in [7, 11) is 0. The van der Waals surface area contributed by atoms with Gasteiger partial charge in [-0.05, 0) is 5.41 Å². The van der Waals surface area contributed by atoms with Crippen LogP contribution in [0.25, 0.3) is 0 Å². The van der Waals surface area contributed by atoms with E-state index < -0.39 is 17.8 Å². The fourth-order valence-electron chi connectivity index (χ4n) is 1.24. The Morgan fingerprint density at radius 1 is 1.28 bits per heavy atom. The van der Waals surface area contributed by atoms with E-state index in [1.54, 1.807) is 0 Å². The van der Waals surface area contributed by atoms with Gasteiger partial charge < -0.3 is 10.6 Å². The third-order valence-electron chi connectivity index (χ3n) is 2.01. The lowest BCUT2D eigenvalue weighted by molar-refractivity contribution is -0.118. The lowest BCUT2D eigenvalue weighted by Crippen LogP contribution is -2.23. The van der Waals surface area contributed by atoms with Gasteiger partial charge in [0.25, 0.3) is 5.91 Å². The van der Waals surface area contributed by atoms with Crippen molar-refractivity contribution < 1.29 is 14.4 Å². The molecule has 6 heteroatoms. The first kappa shape index (κ1) is 14.0. The SMILES string of the molecule is CC(C)(C)/C=C/CNC(=O)/C=C1\NC(=O)NC1=O. The highest BCUT2D eigenvalue weighted by molar-refractivity contribution is 6.14. The lowest BCUT2D eigenvalue weighted by Gasteiger charge is -2.10. The normalized spacial score (nSPS) is 18.1. The number of nitrogens with one attached hydrogen (secondary N) is 3. The van der Waals surface area contributed by atoms with Gasteiger partial charge in [-0.2, -0.15) is 0 Å². The van der Waals surface area contributed by atoms with Gasteiger partial charge in [-0.15, -0.1) is 0 Å². The number of imide groups is 1. The first-order chi connectivity index (χ1) is 8.28. The van der Waals surface area contributed by atoms with Crippen LogP contribution in [0.4, 0.5) is 4.79 Å². The fraction of sp³-hybridized carbons (Fsp3) is 0.417. The molecule has 0 aromatic heterocycles. The molecule has 1 heterocycles. The maximum atomic E-state index is 11.4. The van der Waals surface area contributed by atoms with E-state index in [-0.39, 0.29) is 11.1 Å². The molecule has 1 fully saturated rings. The molecule has 0 saturated carbocycles. The van der Waals surface area contributed by atoms with Gasteiger partial charge in [0.2, 0.25) is 5.91 Å². The first-order valence-electron chi connectivity index (χ1n) is 5.57. The molecule has 0 aromatic rings. The van der Waals surface area contributed by atoms with E-state index in [9.17, 15) is 14.4 Å². The minimum atomic E-state index is -0.619. The van der Waals surface area contributed by atoms with Crippen LogP contribution in [0.1, 0.15) is 20.8 Å². The predicted octanol–water partition coefficient (Wildman–Crippen LogP) is 0.428. The largest absolute Gasteiger partial charge is 0.349 e. The van der Waals surface area contributed by atoms with Crippen LogP contribution in [0.15, 0.2) is 23.9 Å². The summed E-state index contributed by atoms with van der Waals surface area (Å²) >= 11 is 0. The highest BCUT2D eigenvalue weighted by Gasteiger charge is 2.23. The molecule has 18 heavy (non-hydrogen) atoms. The zero-order valence-electron chi connectivity index (χ0n) is 10.7. The second-order valence-corrected chi connectivity index (χ2v) is 4.98. The zero-order chi connectivity index (χ0) is 13.8. The Morgan fingerprint density at radius 3 is 2.44 bits per heavy atom. The van der Waals surface area contributed by atoms with Crippen LogP contribution >= 0.6 is 0 Å². The molecular weight excluding hydrogens is 234 g/mol. The van der Waals surface area contributed by atoms with Gasteiger partial charge >= 0.3 is 6.03 Å². The summed E-state index contributed by atoms with van der Waals surface area (Å²) < 4.78 is 0. The number of rotatable bonds is 3. The monoisotopic (exact) mass is 251 g/mol. The molecule has 3 N–H and O–H groups in total. The maximum Gasteiger partial charge on any atom is 0.326 e. The Labute approximate surface area is 106 Å². The summed E-state index contributed by atoms with van der Waals surface area (Å²) in [4.78, 5) is 33.3. The van der Waals surface area contributed by atoms with Crippen molar-refractivity contribution in [2.75, 3.05) is 6.54 Å². The van der Waals surface area contributed by atoms with Crippen LogP contribution < -0.4 is 16.0 Å². The summed E-state index contributed by atoms with van der Waals surface area (Å²) in [6.07, 6.45) is 4.87. The molecule has 0 spiro atoms. The Balaban J connectivity index is 2.43. The van der Waals surface area contributed by atoms with Crippen molar-refractivity contribution in [1.29, 1.82) is 0 Å². The Kier molecular flexibility index (Phi) is 4.25. The summed E-state index contributed by atoms with van der Waals surface area (Å²) in [6, 6.07) is -0.619. The van der Waals surface area contributed by atoms with E-state index in [0.29, 0.717) is 6.54 Å². The van der Waals surface area contributed by atoms with Crippen molar-refractivity contribution in [3.63, 3.8) is 0 Å². The Hall–Kier alpha value is -2.11. The molecular formula is C12H17N3O3. The van der Waals surface area contributed by atoms with Crippen LogP contribution in [0, 0.1) is 5.41 Å². The third-order valence-corrected chi connectivity index (χ3v) is 2.01. The van der Waals surface area contributed by atoms with Crippen molar-refractivity contribution >= 4 is 17.8 Å². The minimum absolute atomic E-state index is 0.0442. The van der Waals surface area contributed by atoms with E-state index in [1.165, 1.54) is 0 Å². The third kappa shape index (κ3) is 4.82.